The largest absolute Gasteiger partial charge is 0.339 e. The van der Waals surface area contributed by atoms with Crippen LogP contribution in [0.3, 0.4) is 0 Å². The van der Waals surface area contributed by atoms with E-state index in [4.69, 9.17) is 0 Å². The Morgan fingerprint density at radius 2 is 1.48 bits per heavy atom. The zero-order valence-corrected chi connectivity index (χ0v) is 17.6. The first-order valence-corrected chi connectivity index (χ1v) is 10.6. The number of hydrogen-bond donors (Lipinski definition) is 0. The molecule has 7 heteroatoms. The topological polar surface area (TPSA) is 61.7 Å². The van der Waals surface area contributed by atoms with Crippen LogP contribution in [0, 0.1) is 6.92 Å². The summed E-state index contributed by atoms with van der Waals surface area (Å²) in [5.74, 6) is 0.586. The number of aromatic nitrogens is 2. The van der Waals surface area contributed by atoms with Gasteiger partial charge in [0.15, 0.2) is 0 Å². The number of nitrogens with zero attached hydrogens (tertiary/aromatic N) is 5. The molecule has 1 saturated heterocycles. The summed E-state index contributed by atoms with van der Waals surface area (Å²) in [5.41, 5.74) is 3.36. The lowest BCUT2D eigenvalue weighted by Crippen LogP contribution is -2.49. The van der Waals surface area contributed by atoms with E-state index in [-0.39, 0.29) is 11.8 Å². The molecule has 2 aliphatic heterocycles. The van der Waals surface area contributed by atoms with Gasteiger partial charge in [0, 0.05) is 57.3 Å². The maximum atomic E-state index is 12.5. The minimum Gasteiger partial charge on any atom is -0.339 e. The van der Waals surface area contributed by atoms with Crippen molar-refractivity contribution in [1.82, 2.24) is 19.4 Å². The zero-order valence-electron chi connectivity index (χ0n) is 17.6. The van der Waals surface area contributed by atoms with Crippen molar-refractivity contribution in [2.45, 2.75) is 6.92 Å². The van der Waals surface area contributed by atoms with Crippen molar-refractivity contribution in [2.75, 3.05) is 44.2 Å². The van der Waals surface area contributed by atoms with E-state index in [1.165, 1.54) is 10.5 Å². The Morgan fingerprint density at radius 3 is 2.13 bits per heavy atom. The fraction of sp³-hybridized carbons (Fsp3) is 0.292. The minimum atomic E-state index is -0.181. The summed E-state index contributed by atoms with van der Waals surface area (Å²) in [6.45, 7) is 6.62. The second-order valence-corrected chi connectivity index (χ2v) is 8.07. The predicted octanol–water partition coefficient (Wildman–Crippen LogP) is 2.60. The van der Waals surface area contributed by atoms with Gasteiger partial charge in [0.1, 0.15) is 0 Å². The van der Waals surface area contributed by atoms with Gasteiger partial charge < -0.3 is 4.90 Å². The van der Waals surface area contributed by atoms with Gasteiger partial charge >= 0.3 is 0 Å². The molecule has 3 heterocycles. The molecule has 0 aliphatic carbocycles. The van der Waals surface area contributed by atoms with Crippen LogP contribution in [-0.2, 0) is 0 Å². The quantitative estimate of drug-likeness (QED) is 0.600. The number of benzene rings is 2. The molecule has 1 fully saturated rings. The predicted molar refractivity (Wildman–Crippen MR) is 119 cm³/mol. The monoisotopic (exact) mass is 415 g/mol. The Bertz CT molecular complexity index is 1080. The highest BCUT2D eigenvalue weighted by atomic mass is 16.2. The molecule has 0 N–H and O–H groups in total. The Hall–Kier alpha value is -3.45. The van der Waals surface area contributed by atoms with Gasteiger partial charge in [-0.1, -0.05) is 29.8 Å². The molecule has 2 aliphatic rings. The second-order valence-electron chi connectivity index (χ2n) is 8.07. The molecule has 158 valence electrons. The maximum absolute atomic E-state index is 12.5. The Morgan fingerprint density at radius 1 is 0.839 bits per heavy atom. The van der Waals surface area contributed by atoms with Crippen LogP contribution < -0.4 is 4.90 Å². The molecule has 0 unspecified atom stereocenters. The third-order valence-corrected chi connectivity index (χ3v) is 6.11. The number of hydrogen-bond acceptors (Lipinski definition) is 5. The first kappa shape index (κ1) is 19.5. The van der Waals surface area contributed by atoms with Gasteiger partial charge in [-0.15, -0.1) is 0 Å². The maximum Gasteiger partial charge on any atom is 0.261 e. The van der Waals surface area contributed by atoms with E-state index in [9.17, 15) is 9.59 Å². The van der Waals surface area contributed by atoms with Crippen molar-refractivity contribution in [2.24, 2.45) is 0 Å². The fourth-order valence-corrected chi connectivity index (χ4v) is 4.29. The van der Waals surface area contributed by atoms with Crippen LogP contribution in [-0.4, -0.2) is 70.4 Å². The molecule has 0 radical (unpaired) electrons. The molecular weight excluding hydrogens is 390 g/mol. The average Bonchev–Trinajstić information content (AvgIpc) is 3.38. The number of imidazole rings is 1. The summed E-state index contributed by atoms with van der Waals surface area (Å²) in [5, 5.41) is 0. The van der Waals surface area contributed by atoms with E-state index in [0.29, 0.717) is 24.2 Å². The molecule has 0 saturated carbocycles. The highest BCUT2D eigenvalue weighted by molar-refractivity contribution is 6.21. The van der Waals surface area contributed by atoms with Crippen LogP contribution in [0.5, 0.6) is 0 Å². The number of anilines is 1. The summed E-state index contributed by atoms with van der Waals surface area (Å²) in [6.07, 6.45) is 3.83. The number of imide groups is 1. The van der Waals surface area contributed by atoms with Crippen LogP contribution in [0.2, 0.25) is 0 Å². The van der Waals surface area contributed by atoms with Crippen LogP contribution in [0.1, 0.15) is 26.3 Å². The number of carbonyl (C=O) groups is 2. The van der Waals surface area contributed by atoms with E-state index in [1.807, 2.05) is 12.4 Å². The molecule has 0 bridgehead atoms. The van der Waals surface area contributed by atoms with Crippen LogP contribution in [0.4, 0.5) is 5.95 Å². The minimum absolute atomic E-state index is 0.181. The molecule has 0 atom stereocenters. The van der Waals surface area contributed by atoms with Crippen LogP contribution >= 0.6 is 0 Å². The lowest BCUT2D eigenvalue weighted by Gasteiger charge is -2.36. The summed E-state index contributed by atoms with van der Waals surface area (Å²) >= 11 is 0. The van der Waals surface area contributed by atoms with Gasteiger partial charge in [-0.05, 0) is 31.2 Å². The molecule has 2 aromatic carbocycles. The molecule has 5 rings (SSSR count). The van der Waals surface area contributed by atoms with Crippen molar-refractivity contribution in [3.63, 3.8) is 0 Å². The third kappa shape index (κ3) is 3.61. The number of rotatable bonds is 5. The first-order chi connectivity index (χ1) is 15.1. The molecule has 2 amide bonds. The van der Waals surface area contributed by atoms with E-state index < -0.39 is 0 Å². The van der Waals surface area contributed by atoms with Gasteiger partial charge in [-0.25, -0.2) is 4.98 Å². The zero-order chi connectivity index (χ0) is 21.4. The second kappa shape index (κ2) is 8.00. The summed E-state index contributed by atoms with van der Waals surface area (Å²) in [6, 6.07) is 15.5. The number of aryl methyl sites for hydroxylation is 1. The smallest absolute Gasteiger partial charge is 0.261 e. The lowest BCUT2D eigenvalue weighted by molar-refractivity contribution is 0.0635. The van der Waals surface area contributed by atoms with Crippen molar-refractivity contribution < 1.29 is 9.59 Å². The van der Waals surface area contributed by atoms with Gasteiger partial charge in [0.25, 0.3) is 11.8 Å². The summed E-state index contributed by atoms with van der Waals surface area (Å²) in [4.78, 5) is 35.7. The molecular formula is C24H25N5O2. The summed E-state index contributed by atoms with van der Waals surface area (Å²) in [7, 11) is 0. The lowest BCUT2D eigenvalue weighted by atomic mass is 10.1. The van der Waals surface area contributed by atoms with Crippen LogP contribution in [0.15, 0.2) is 60.9 Å². The van der Waals surface area contributed by atoms with Gasteiger partial charge in [0.05, 0.1) is 11.1 Å². The third-order valence-electron chi connectivity index (χ3n) is 6.11. The number of piperazine rings is 1. The fourth-order valence-electron chi connectivity index (χ4n) is 4.29. The van der Waals surface area contributed by atoms with Gasteiger partial charge in [-0.3, -0.25) is 24.0 Å². The van der Waals surface area contributed by atoms with Gasteiger partial charge in [-0.2, -0.15) is 0 Å². The van der Waals surface area contributed by atoms with Crippen molar-refractivity contribution in [3.8, 4) is 5.69 Å². The van der Waals surface area contributed by atoms with E-state index in [1.54, 1.807) is 24.3 Å². The Balaban J connectivity index is 1.19. The molecule has 7 nitrogen and oxygen atoms in total. The van der Waals surface area contributed by atoms with Crippen molar-refractivity contribution in [3.05, 3.63) is 77.6 Å². The first-order valence-electron chi connectivity index (χ1n) is 10.6. The molecule has 0 spiro atoms. The van der Waals surface area contributed by atoms with Crippen molar-refractivity contribution in [1.29, 1.82) is 0 Å². The highest BCUT2D eigenvalue weighted by Crippen LogP contribution is 2.23. The molecule has 31 heavy (non-hydrogen) atoms. The van der Waals surface area contributed by atoms with Gasteiger partial charge in [0.2, 0.25) is 5.95 Å². The van der Waals surface area contributed by atoms with E-state index in [2.05, 4.69) is 50.5 Å². The molecule has 3 aromatic rings. The Kier molecular flexibility index (Phi) is 5.03. The number of carbonyl (C=O) groups excluding carboxylic acids is 2. The molecule has 1 aromatic heterocycles. The highest BCUT2D eigenvalue weighted by Gasteiger charge is 2.35. The van der Waals surface area contributed by atoms with E-state index >= 15 is 0 Å². The average molecular weight is 415 g/mol. The number of fused-ring (bicyclic) bond motifs is 1. The standard InChI is InChI=1S/C24H25N5O2/c1-18-6-8-19(9-7-18)28-11-10-25-24(28)27-15-12-26(13-16-27)14-17-29-22(30)20-4-2-3-5-21(20)23(29)31/h2-11H,12-17H2,1H3. The normalized spacial score (nSPS) is 16.8. The van der Waals surface area contributed by atoms with Crippen LogP contribution in [0.25, 0.3) is 5.69 Å². The Labute approximate surface area is 181 Å². The van der Waals surface area contributed by atoms with Crippen molar-refractivity contribution >= 4 is 17.8 Å². The SMILES string of the molecule is Cc1ccc(-n2ccnc2N2CCN(CCN3C(=O)c4ccccc4C3=O)CC2)cc1. The summed E-state index contributed by atoms with van der Waals surface area (Å²) < 4.78 is 2.12. The number of amides is 2. The van der Waals surface area contributed by atoms with E-state index in [0.717, 1.165) is 37.8 Å².